The molecule has 0 saturated heterocycles. The number of hydrogen-bond acceptors (Lipinski definition) is 3. The molecule has 6 heteroatoms. The third kappa shape index (κ3) is 4.44. The highest BCUT2D eigenvalue weighted by molar-refractivity contribution is 6.30. The van der Waals surface area contributed by atoms with E-state index in [1.807, 2.05) is 0 Å². The number of rotatable bonds is 4. The van der Waals surface area contributed by atoms with Gasteiger partial charge in [-0.2, -0.15) is 0 Å². The SMILES string of the molecule is C[C@@H]1CCCC[C@@H]1NC(=O)COC(=O)c1ccc(Cl)cc1F. The van der Waals surface area contributed by atoms with Crippen LogP contribution in [0.2, 0.25) is 5.02 Å². The minimum atomic E-state index is -0.874. The highest BCUT2D eigenvalue weighted by Gasteiger charge is 2.23. The summed E-state index contributed by atoms with van der Waals surface area (Å²) in [4.78, 5) is 23.6. The van der Waals surface area contributed by atoms with Gasteiger partial charge in [-0.1, -0.05) is 31.4 Å². The maximum Gasteiger partial charge on any atom is 0.341 e. The number of carbonyl (C=O) groups excluding carboxylic acids is 2. The van der Waals surface area contributed by atoms with Crippen LogP contribution in [-0.4, -0.2) is 24.5 Å². The van der Waals surface area contributed by atoms with Gasteiger partial charge >= 0.3 is 5.97 Å². The number of benzene rings is 1. The van der Waals surface area contributed by atoms with Gasteiger partial charge in [0.15, 0.2) is 6.61 Å². The predicted octanol–water partition coefficient (Wildman–Crippen LogP) is 3.33. The lowest BCUT2D eigenvalue weighted by molar-refractivity contribution is -0.125. The summed E-state index contributed by atoms with van der Waals surface area (Å²) in [5.74, 6) is -1.58. The fraction of sp³-hybridized carbons (Fsp3) is 0.500. The quantitative estimate of drug-likeness (QED) is 0.863. The van der Waals surface area contributed by atoms with E-state index in [9.17, 15) is 14.0 Å². The maximum atomic E-state index is 13.6. The maximum absolute atomic E-state index is 13.6. The largest absolute Gasteiger partial charge is 0.452 e. The van der Waals surface area contributed by atoms with E-state index in [1.165, 1.54) is 18.6 Å². The van der Waals surface area contributed by atoms with E-state index in [4.69, 9.17) is 16.3 Å². The number of amides is 1. The standard InChI is InChI=1S/C16H19ClFNO3/c1-10-4-2-3-5-14(10)19-15(20)9-22-16(21)12-7-6-11(17)8-13(12)18/h6-8,10,14H,2-5,9H2,1H3,(H,19,20)/t10-,14+/m1/s1. The summed E-state index contributed by atoms with van der Waals surface area (Å²) in [5, 5.41) is 3.06. The Morgan fingerprint density at radius 2 is 2.09 bits per heavy atom. The fourth-order valence-electron chi connectivity index (χ4n) is 2.64. The van der Waals surface area contributed by atoms with E-state index in [-0.39, 0.29) is 22.5 Å². The first kappa shape index (κ1) is 16.7. The average Bonchev–Trinajstić information content (AvgIpc) is 2.47. The van der Waals surface area contributed by atoms with Gasteiger partial charge < -0.3 is 10.1 Å². The van der Waals surface area contributed by atoms with Crippen molar-refractivity contribution in [2.24, 2.45) is 5.92 Å². The molecule has 1 aliphatic rings. The molecule has 1 N–H and O–H groups in total. The third-order valence-corrected chi connectivity index (χ3v) is 4.18. The van der Waals surface area contributed by atoms with E-state index >= 15 is 0 Å². The van der Waals surface area contributed by atoms with Crippen LogP contribution in [0.4, 0.5) is 4.39 Å². The molecule has 0 aliphatic heterocycles. The lowest BCUT2D eigenvalue weighted by Gasteiger charge is -2.29. The molecule has 22 heavy (non-hydrogen) atoms. The van der Waals surface area contributed by atoms with Gasteiger partial charge in [0.2, 0.25) is 0 Å². The monoisotopic (exact) mass is 327 g/mol. The van der Waals surface area contributed by atoms with Crippen molar-refractivity contribution >= 4 is 23.5 Å². The molecule has 0 aromatic heterocycles. The second-order valence-electron chi connectivity index (χ2n) is 5.64. The van der Waals surface area contributed by atoms with Crippen LogP contribution >= 0.6 is 11.6 Å². The molecule has 1 aliphatic carbocycles. The molecule has 1 amide bonds. The van der Waals surface area contributed by atoms with Gasteiger partial charge in [-0.05, 0) is 37.0 Å². The number of hydrogen-bond donors (Lipinski definition) is 1. The molecule has 1 aromatic rings. The number of halogens is 2. The Morgan fingerprint density at radius 3 is 2.77 bits per heavy atom. The predicted molar refractivity (Wildman–Crippen MR) is 81.3 cm³/mol. The van der Waals surface area contributed by atoms with Crippen LogP contribution < -0.4 is 5.32 Å². The van der Waals surface area contributed by atoms with Crippen LogP contribution in [0.15, 0.2) is 18.2 Å². The highest BCUT2D eigenvalue weighted by atomic mass is 35.5. The minimum absolute atomic E-state index is 0.118. The molecule has 0 spiro atoms. The van der Waals surface area contributed by atoms with Gasteiger partial charge in [-0.15, -0.1) is 0 Å². The van der Waals surface area contributed by atoms with Crippen molar-refractivity contribution in [1.82, 2.24) is 5.32 Å². The summed E-state index contributed by atoms with van der Waals surface area (Å²) in [5.41, 5.74) is -0.233. The Labute approximate surface area is 134 Å². The first-order valence-corrected chi connectivity index (χ1v) is 7.76. The van der Waals surface area contributed by atoms with Crippen molar-refractivity contribution in [3.8, 4) is 0 Å². The van der Waals surface area contributed by atoms with E-state index in [1.54, 1.807) is 0 Å². The lowest BCUT2D eigenvalue weighted by atomic mass is 9.86. The van der Waals surface area contributed by atoms with Crippen LogP contribution in [0.5, 0.6) is 0 Å². The smallest absolute Gasteiger partial charge is 0.341 e. The first-order valence-electron chi connectivity index (χ1n) is 7.39. The fourth-order valence-corrected chi connectivity index (χ4v) is 2.80. The summed E-state index contributed by atoms with van der Waals surface area (Å²) in [6.07, 6.45) is 4.29. The van der Waals surface area contributed by atoms with Crippen LogP contribution in [0.3, 0.4) is 0 Å². The average molecular weight is 328 g/mol. The molecule has 1 fully saturated rings. The molecule has 0 heterocycles. The topological polar surface area (TPSA) is 55.4 Å². The molecule has 120 valence electrons. The summed E-state index contributed by atoms with van der Waals surface area (Å²) >= 11 is 5.62. The van der Waals surface area contributed by atoms with Gasteiger partial charge in [-0.25, -0.2) is 9.18 Å². The summed E-state index contributed by atoms with van der Waals surface area (Å²) < 4.78 is 18.4. The second kappa shape index (κ2) is 7.58. The molecule has 0 radical (unpaired) electrons. The number of ether oxygens (including phenoxy) is 1. The van der Waals surface area contributed by atoms with Gasteiger partial charge in [0.05, 0.1) is 5.56 Å². The zero-order valence-electron chi connectivity index (χ0n) is 12.4. The normalized spacial score (nSPS) is 21.2. The molecule has 0 unspecified atom stereocenters. The zero-order valence-corrected chi connectivity index (χ0v) is 13.2. The van der Waals surface area contributed by atoms with E-state index in [0.717, 1.165) is 25.3 Å². The number of nitrogens with one attached hydrogen (secondary N) is 1. The molecule has 4 nitrogen and oxygen atoms in total. The number of esters is 1. The molecule has 1 aromatic carbocycles. The third-order valence-electron chi connectivity index (χ3n) is 3.94. The van der Waals surface area contributed by atoms with Gasteiger partial charge in [0, 0.05) is 11.1 Å². The van der Waals surface area contributed by atoms with Crippen LogP contribution in [-0.2, 0) is 9.53 Å². The Kier molecular flexibility index (Phi) is 5.77. The van der Waals surface area contributed by atoms with Crippen LogP contribution in [0.1, 0.15) is 43.0 Å². The number of carbonyl (C=O) groups is 2. The van der Waals surface area contributed by atoms with Crippen molar-refractivity contribution in [1.29, 1.82) is 0 Å². The second-order valence-corrected chi connectivity index (χ2v) is 6.07. The van der Waals surface area contributed by atoms with Crippen LogP contribution in [0.25, 0.3) is 0 Å². The zero-order chi connectivity index (χ0) is 16.1. The molecular formula is C16H19ClFNO3. The van der Waals surface area contributed by atoms with E-state index < -0.39 is 18.4 Å². The van der Waals surface area contributed by atoms with Gasteiger partial charge in [-0.3, -0.25) is 4.79 Å². The summed E-state index contributed by atoms with van der Waals surface area (Å²) in [6.45, 7) is 1.68. The van der Waals surface area contributed by atoms with E-state index in [2.05, 4.69) is 12.2 Å². The molecule has 2 atom stereocenters. The van der Waals surface area contributed by atoms with Crippen molar-refractivity contribution in [3.05, 3.63) is 34.6 Å². The summed E-state index contributed by atoms with van der Waals surface area (Å²) in [7, 11) is 0. The Balaban J connectivity index is 1.84. The first-order chi connectivity index (χ1) is 10.5. The Morgan fingerprint density at radius 1 is 1.36 bits per heavy atom. The van der Waals surface area contributed by atoms with Crippen LogP contribution in [0, 0.1) is 11.7 Å². The van der Waals surface area contributed by atoms with Crippen molar-refractivity contribution in [2.75, 3.05) is 6.61 Å². The molecular weight excluding hydrogens is 309 g/mol. The molecule has 0 bridgehead atoms. The van der Waals surface area contributed by atoms with Crippen molar-refractivity contribution in [3.63, 3.8) is 0 Å². The minimum Gasteiger partial charge on any atom is -0.452 e. The Bertz CT molecular complexity index is 564. The Hall–Kier alpha value is -1.62. The van der Waals surface area contributed by atoms with Gasteiger partial charge in [0.25, 0.3) is 5.91 Å². The molecule has 2 rings (SSSR count). The highest BCUT2D eigenvalue weighted by Crippen LogP contribution is 2.23. The van der Waals surface area contributed by atoms with Crippen molar-refractivity contribution < 1.29 is 18.7 Å². The lowest BCUT2D eigenvalue weighted by Crippen LogP contribution is -2.42. The molecule has 1 saturated carbocycles. The summed E-state index contributed by atoms with van der Waals surface area (Å²) in [6, 6.07) is 3.78. The van der Waals surface area contributed by atoms with Crippen molar-refractivity contribution in [2.45, 2.75) is 38.6 Å². The van der Waals surface area contributed by atoms with E-state index in [0.29, 0.717) is 5.92 Å². The van der Waals surface area contributed by atoms with Gasteiger partial charge in [0.1, 0.15) is 5.82 Å².